The highest BCUT2D eigenvalue weighted by molar-refractivity contribution is 5.95. The minimum Gasteiger partial charge on any atom is -0.508 e. The van der Waals surface area contributed by atoms with E-state index in [2.05, 4.69) is 29.3 Å². The van der Waals surface area contributed by atoms with Crippen molar-refractivity contribution in [1.29, 1.82) is 0 Å². The second-order valence-corrected chi connectivity index (χ2v) is 6.41. The van der Waals surface area contributed by atoms with Crippen molar-refractivity contribution in [3.63, 3.8) is 0 Å². The molecule has 24 heavy (non-hydrogen) atoms. The third-order valence-electron chi connectivity index (χ3n) is 4.43. The second kappa shape index (κ2) is 6.93. The smallest absolute Gasteiger partial charge is 0.251 e. The molecule has 0 aromatic heterocycles. The van der Waals surface area contributed by atoms with E-state index in [1.807, 2.05) is 18.2 Å². The Hall–Kier alpha value is -2.53. The Kier molecular flexibility index (Phi) is 4.71. The molecule has 0 radical (unpaired) electrons. The van der Waals surface area contributed by atoms with Gasteiger partial charge in [-0.05, 0) is 31.0 Å². The summed E-state index contributed by atoms with van der Waals surface area (Å²) in [6.07, 6.45) is 0.878. The van der Waals surface area contributed by atoms with Crippen LogP contribution in [-0.4, -0.2) is 39.6 Å². The largest absolute Gasteiger partial charge is 0.508 e. The van der Waals surface area contributed by atoms with Gasteiger partial charge in [0.25, 0.3) is 5.91 Å². The molecule has 1 heterocycles. The molecule has 1 amide bonds. The van der Waals surface area contributed by atoms with Gasteiger partial charge in [-0.25, -0.2) is 0 Å². The minimum atomic E-state index is -0.278. The van der Waals surface area contributed by atoms with E-state index in [1.165, 1.54) is 23.8 Å². The maximum Gasteiger partial charge on any atom is 0.251 e. The van der Waals surface area contributed by atoms with E-state index in [0.717, 1.165) is 19.5 Å². The molecule has 0 saturated carbocycles. The number of benzene rings is 2. The number of phenols is 2. The number of carbonyl (C=O) groups excluding carboxylic acids is 1. The zero-order valence-electron chi connectivity index (χ0n) is 13.6. The summed E-state index contributed by atoms with van der Waals surface area (Å²) < 4.78 is 0. The summed E-state index contributed by atoms with van der Waals surface area (Å²) >= 11 is 0. The Bertz CT molecular complexity index is 698. The molecule has 1 saturated heterocycles. The van der Waals surface area contributed by atoms with Crippen LogP contribution < -0.4 is 5.32 Å². The first kappa shape index (κ1) is 16.3. The first-order valence-electron chi connectivity index (χ1n) is 8.13. The fraction of sp³-hybridized carbons (Fsp3) is 0.316. The summed E-state index contributed by atoms with van der Waals surface area (Å²) in [5, 5.41) is 22.0. The number of likely N-dealkylation sites (tertiary alicyclic amines) is 1. The third-order valence-corrected chi connectivity index (χ3v) is 4.43. The molecule has 1 aliphatic rings. The number of hydrogen-bond acceptors (Lipinski definition) is 4. The molecule has 1 fully saturated rings. The van der Waals surface area contributed by atoms with Crippen LogP contribution in [0.3, 0.4) is 0 Å². The topological polar surface area (TPSA) is 72.8 Å². The number of aromatic hydroxyl groups is 2. The number of carbonyl (C=O) groups is 1. The van der Waals surface area contributed by atoms with Crippen molar-refractivity contribution in [3.8, 4) is 11.5 Å². The second-order valence-electron chi connectivity index (χ2n) is 6.41. The molecule has 2 aromatic carbocycles. The number of phenolic OH excluding ortho intramolecular Hbond substituents is 2. The van der Waals surface area contributed by atoms with E-state index in [1.54, 1.807) is 0 Å². The van der Waals surface area contributed by atoms with Gasteiger partial charge < -0.3 is 15.5 Å². The van der Waals surface area contributed by atoms with Gasteiger partial charge in [-0.3, -0.25) is 9.69 Å². The van der Waals surface area contributed by atoms with Crippen LogP contribution in [0.5, 0.6) is 11.5 Å². The van der Waals surface area contributed by atoms with Gasteiger partial charge in [0.1, 0.15) is 11.5 Å². The number of amides is 1. The van der Waals surface area contributed by atoms with E-state index >= 15 is 0 Å². The highest BCUT2D eigenvalue weighted by atomic mass is 16.3. The van der Waals surface area contributed by atoms with Gasteiger partial charge in [0, 0.05) is 36.8 Å². The Balaban J connectivity index is 1.61. The monoisotopic (exact) mass is 326 g/mol. The molecule has 3 N–H and O–H groups in total. The molecule has 5 heteroatoms. The predicted molar refractivity (Wildman–Crippen MR) is 92.0 cm³/mol. The van der Waals surface area contributed by atoms with Crippen molar-refractivity contribution in [1.82, 2.24) is 10.2 Å². The minimum absolute atomic E-state index is 0.0562. The number of hydrogen-bond donors (Lipinski definition) is 3. The summed E-state index contributed by atoms with van der Waals surface area (Å²) in [7, 11) is 0. The van der Waals surface area contributed by atoms with Gasteiger partial charge in [0.15, 0.2) is 0 Å². The lowest BCUT2D eigenvalue weighted by Crippen LogP contribution is -2.37. The molecule has 1 aliphatic heterocycles. The zero-order valence-corrected chi connectivity index (χ0v) is 13.6. The van der Waals surface area contributed by atoms with Crippen molar-refractivity contribution in [2.45, 2.75) is 32.0 Å². The average molecular weight is 326 g/mol. The lowest BCUT2D eigenvalue weighted by molar-refractivity contribution is 0.0937. The lowest BCUT2D eigenvalue weighted by atomic mass is 10.1. The van der Waals surface area contributed by atoms with Crippen LogP contribution in [0.15, 0.2) is 48.5 Å². The van der Waals surface area contributed by atoms with Gasteiger partial charge in [-0.2, -0.15) is 0 Å². The first-order valence-corrected chi connectivity index (χ1v) is 8.13. The summed E-state index contributed by atoms with van der Waals surface area (Å²) in [5.74, 6) is -0.517. The first-order chi connectivity index (χ1) is 11.5. The molecule has 0 aliphatic carbocycles. The highest BCUT2D eigenvalue weighted by Gasteiger charge is 2.30. The lowest BCUT2D eigenvalue weighted by Gasteiger charge is -2.20. The van der Waals surface area contributed by atoms with Crippen LogP contribution in [-0.2, 0) is 6.54 Å². The zero-order chi connectivity index (χ0) is 17.1. The van der Waals surface area contributed by atoms with Crippen LogP contribution in [0.4, 0.5) is 0 Å². The van der Waals surface area contributed by atoms with Crippen LogP contribution in [0.1, 0.15) is 29.3 Å². The van der Waals surface area contributed by atoms with Crippen molar-refractivity contribution in [2.75, 3.05) is 6.54 Å². The van der Waals surface area contributed by atoms with E-state index in [-0.39, 0.29) is 29.0 Å². The normalized spacial score (nSPS) is 20.9. The fourth-order valence-electron chi connectivity index (χ4n) is 3.24. The van der Waals surface area contributed by atoms with Crippen molar-refractivity contribution >= 4 is 5.91 Å². The van der Waals surface area contributed by atoms with Crippen molar-refractivity contribution in [2.24, 2.45) is 0 Å². The number of nitrogens with zero attached hydrogens (tertiary/aromatic N) is 1. The van der Waals surface area contributed by atoms with Crippen LogP contribution in [0.25, 0.3) is 0 Å². The summed E-state index contributed by atoms with van der Waals surface area (Å²) in [6.45, 7) is 3.81. The van der Waals surface area contributed by atoms with E-state index in [9.17, 15) is 15.0 Å². The van der Waals surface area contributed by atoms with Crippen molar-refractivity contribution < 1.29 is 15.0 Å². The van der Waals surface area contributed by atoms with Gasteiger partial charge in [-0.15, -0.1) is 0 Å². The van der Waals surface area contributed by atoms with E-state index < -0.39 is 0 Å². The van der Waals surface area contributed by atoms with Gasteiger partial charge in [0.05, 0.1) is 0 Å². The predicted octanol–water partition coefficient (Wildman–Crippen LogP) is 2.49. The Morgan fingerprint density at radius 2 is 1.83 bits per heavy atom. The van der Waals surface area contributed by atoms with Crippen LogP contribution >= 0.6 is 0 Å². The molecular weight excluding hydrogens is 304 g/mol. The standard InChI is InChI=1S/C19H22N2O3/c1-13-7-16(12-21(13)11-14-5-3-2-4-6-14)20-19(24)15-8-17(22)10-18(23)9-15/h2-6,8-10,13,16,22-23H,7,11-12H2,1H3,(H,20,24)/t13-,16+/m1/s1. The molecule has 0 bridgehead atoms. The number of nitrogens with one attached hydrogen (secondary N) is 1. The molecule has 5 nitrogen and oxygen atoms in total. The fourth-order valence-corrected chi connectivity index (χ4v) is 3.24. The third kappa shape index (κ3) is 3.86. The van der Waals surface area contributed by atoms with Crippen LogP contribution in [0, 0.1) is 0 Å². The van der Waals surface area contributed by atoms with Crippen LogP contribution in [0.2, 0.25) is 0 Å². The molecule has 0 unspecified atom stereocenters. The SMILES string of the molecule is C[C@@H]1C[C@H](NC(=O)c2cc(O)cc(O)c2)CN1Cc1ccccc1. The maximum atomic E-state index is 12.3. The molecule has 0 spiro atoms. The maximum absolute atomic E-state index is 12.3. The summed E-state index contributed by atoms with van der Waals surface area (Å²) in [4.78, 5) is 14.7. The quantitative estimate of drug-likeness (QED) is 0.807. The van der Waals surface area contributed by atoms with E-state index in [0.29, 0.717) is 6.04 Å². The molecule has 3 rings (SSSR count). The Labute approximate surface area is 141 Å². The summed E-state index contributed by atoms with van der Waals surface area (Å²) in [5.41, 5.74) is 1.52. The molecule has 2 aromatic rings. The van der Waals surface area contributed by atoms with Gasteiger partial charge >= 0.3 is 0 Å². The Morgan fingerprint density at radius 3 is 2.50 bits per heavy atom. The average Bonchev–Trinajstić information content (AvgIpc) is 2.87. The molecule has 2 atom stereocenters. The molecular formula is C19H22N2O3. The van der Waals surface area contributed by atoms with Gasteiger partial charge in [0.2, 0.25) is 0 Å². The van der Waals surface area contributed by atoms with Gasteiger partial charge in [-0.1, -0.05) is 30.3 Å². The highest BCUT2D eigenvalue weighted by Crippen LogP contribution is 2.23. The summed E-state index contributed by atoms with van der Waals surface area (Å²) in [6, 6.07) is 14.6. The van der Waals surface area contributed by atoms with E-state index in [4.69, 9.17) is 0 Å². The Morgan fingerprint density at radius 1 is 1.17 bits per heavy atom. The van der Waals surface area contributed by atoms with Crippen molar-refractivity contribution in [3.05, 3.63) is 59.7 Å². The molecule has 126 valence electrons. The number of rotatable bonds is 4.